The number of aliphatic carboxylic acids is 1. The summed E-state index contributed by atoms with van der Waals surface area (Å²) in [6.07, 6.45) is 2.13. The Morgan fingerprint density at radius 3 is 2.71 bits per heavy atom. The van der Waals surface area contributed by atoms with Crippen LogP contribution in [0.1, 0.15) is 43.5 Å². The second-order valence-electron chi connectivity index (χ2n) is 6.39. The SMILES string of the molecule is COc1cc(C(=O)N2CCC[C@H]2C(=O)O)ccc1OCCC(C)C. The Bertz CT molecular complexity index is 599. The molecule has 1 N–H and O–H groups in total. The molecule has 0 bridgehead atoms. The molecule has 1 atom stereocenters. The van der Waals surface area contributed by atoms with Gasteiger partial charge in [-0.05, 0) is 43.4 Å². The Morgan fingerprint density at radius 2 is 2.08 bits per heavy atom. The third-order valence-electron chi connectivity index (χ3n) is 4.16. The van der Waals surface area contributed by atoms with Gasteiger partial charge in [0.1, 0.15) is 6.04 Å². The predicted molar refractivity (Wildman–Crippen MR) is 89.6 cm³/mol. The lowest BCUT2D eigenvalue weighted by Crippen LogP contribution is -2.40. The van der Waals surface area contributed by atoms with Crippen molar-refractivity contribution in [2.75, 3.05) is 20.3 Å². The average molecular weight is 335 g/mol. The maximum atomic E-state index is 12.6. The van der Waals surface area contributed by atoms with E-state index in [-0.39, 0.29) is 5.91 Å². The van der Waals surface area contributed by atoms with Crippen LogP contribution in [0.15, 0.2) is 18.2 Å². The van der Waals surface area contributed by atoms with Gasteiger partial charge >= 0.3 is 5.97 Å². The van der Waals surface area contributed by atoms with Gasteiger partial charge in [-0.3, -0.25) is 4.79 Å². The molecule has 1 amide bonds. The maximum Gasteiger partial charge on any atom is 0.326 e. The summed E-state index contributed by atoms with van der Waals surface area (Å²) in [6, 6.07) is 4.24. The van der Waals surface area contributed by atoms with Crippen molar-refractivity contribution >= 4 is 11.9 Å². The lowest BCUT2D eigenvalue weighted by Gasteiger charge is -2.22. The molecular weight excluding hydrogens is 310 g/mol. The summed E-state index contributed by atoms with van der Waals surface area (Å²) in [4.78, 5) is 25.3. The van der Waals surface area contributed by atoms with Gasteiger partial charge in [0.15, 0.2) is 11.5 Å². The number of carboxylic acids is 1. The number of likely N-dealkylation sites (tertiary alicyclic amines) is 1. The van der Waals surface area contributed by atoms with Crippen LogP contribution in [0.3, 0.4) is 0 Å². The highest BCUT2D eigenvalue weighted by molar-refractivity contribution is 5.97. The molecule has 6 nitrogen and oxygen atoms in total. The van der Waals surface area contributed by atoms with E-state index in [4.69, 9.17) is 9.47 Å². The molecule has 1 fully saturated rings. The minimum Gasteiger partial charge on any atom is -0.493 e. The number of hydrogen-bond acceptors (Lipinski definition) is 4. The van der Waals surface area contributed by atoms with E-state index >= 15 is 0 Å². The standard InChI is InChI=1S/C18H25NO5/c1-12(2)8-10-24-15-7-6-13(11-16(15)23-3)17(20)19-9-4-5-14(19)18(21)22/h6-7,11-12,14H,4-5,8-10H2,1-3H3,(H,21,22)/t14-/m0/s1. The highest BCUT2D eigenvalue weighted by atomic mass is 16.5. The molecule has 132 valence electrons. The van der Waals surface area contributed by atoms with E-state index in [1.807, 2.05) is 0 Å². The Balaban J connectivity index is 2.13. The lowest BCUT2D eigenvalue weighted by atomic mass is 10.1. The first-order chi connectivity index (χ1) is 11.4. The summed E-state index contributed by atoms with van der Waals surface area (Å²) in [6.45, 7) is 5.29. The minimum absolute atomic E-state index is 0.285. The first kappa shape index (κ1) is 18.1. The second-order valence-corrected chi connectivity index (χ2v) is 6.39. The van der Waals surface area contributed by atoms with Crippen molar-refractivity contribution in [2.45, 2.75) is 39.2 Å². The van der Waals surface area contributed by atoms with Crippen LogP contribution in [0.4, 0.5) is 0 Å². The highest BCUT2D eigenvalue weighted by Gasteiger charge is 2.34. The van der Waals surface area contributed by atoms with Gasteiger partial charge < -0.3 is 19.5 Å². The summed E-state index contributed by atoms with van der Waals surface area (Å²) in [7, 11) is 1.52. The third-order valence-corrected chi connectivity index (χ3v) is 4.16. The summed E-state index contributed by atoms with van der Waals surface area (Å²) in [5.74, 6) is 0.370. The van der Waals surface area contributed by atoms with Crippen molar-refractivity contribution in [3.8, 4) is 11.5 Å². The number of carbonyl (C=O) groups excluding carboxylic acids is 1. The molecule has 0 aromatic heterocycles. The fraction of sp³-hybridized carbons (Fsp3) is 0.556. The highest BCUT2D eigenvalue weighted by Crippen LogP contribution is 2.30. The number of nitrogens with zero attached hydrogens (tertiary/aromatic N) is 1. The van der Waals surface area contributed by atoms with Crippen LogP contribution in [0.5, 0.6) is 11.5 Å². The number of carboxylic acid groups (broad SMARTS) is 1. The van der Waals surface area contributed by atoms with E-state index < -0.39 is 12.0 Å². The molecule has 1 aliphatic rings. The molecule has 2 rings (SSSR count). The fourth-order valence-corrected chi connectivity index (χ4v) is 2.76. The second kappa shape index (κ2) is 8.04. The van der Waals surface area contributed by atoms with E-state index in [9.17, 15) is 14.7 Å². The molecule has 0 spiro atoms. The van der Waals surface area contributed by atoms with Crippen LogP contribution in [-0.4, -0.2) is 48.2 Å². The van der Waals surface area contributed by atoms with Gasteiger partial charge in [0.25, 0.3) is 5.91 Å². The molecule has 0 aliphatic carbocycles. The van der Waals surface area contributed by atoms with Crippen LogP contribution < -0.4 is 9.47 Å². The van der Waals surface area contributed by atoms with Gasteiger partial charge in [-0.2, -0.15) is 0 Å². The first-order valence-electron chi connectivity index (χ1n) is 8.28. The van der Waals surface area contributed by atoms with E-state index in [2.05, 4.69) is 13.8 Å². The number of ether oxygens (including phenoxy) is 2. The van der Waals surface area contributed by atoms with Crippen LogP contribution in [0.2, 0.25) is 0 Å². The number of amides is 1. The monoisotopic (exact) mass is 335 g/mol. The van der Waals surface area contributed by atoms with E-state index in [0.29, 0.717) is 49.0 Å². The zero-order valence-electron chi connectivity index (χ0n) is 14.4. The average Bonchev–Trinajstić information content (AvgIpc) is 3.04. The largest absolute Gasteiger partial charge is 0.493 e. The molecule has 1 aromatic rings. The summed E-state index contributed by atoms with van der Waals surface area (Å²) in [5.41, 5.74) is 0.413. The van der Waals surface area contributed by atoms with Crippen molar-refractivity contribution in [3.63, 3.8) is 0 Å². The number of carbonyl (C=O) groups is 2. The Morgan fingerprint density at radius 1 is 1.33 bits per heavy atom. The number of benzene rings is 1. The van der Waals surface area contributed by atoms with Gasteiger partial charge in [0.05, 0.1) is 13.7 Å². The van der Waals surface area contributed by atoms with Crippen LogP contribution in [0.25, 0.3) is 0 Å². The maximum absolute atomic E-state index is 12.6. The molecule has 6 heteroatoms. The molecule has 1 heterocycles. The molecule has 0 unspecified atom stereocenters. The van der Waals surface area contributed by atoms with Gasteiger partial charge in [-0.15, -0.1) is 0 Å². The van der Waals surface area contributed by atoms with Crippen LogP contribution in [0, 0.1) is 5.92 Å². The molecule has 1 saturated heterocycles. The minimum atomic E-state index is -0.957. The number of hydrogen-bond donors (Lipinski definition) is 1. The molecular formula is C18H25NO5. The van der Waals surface area contributed by atoms with Crippen molar-refractivity contribution in [3.05, 3.63) is 23.8 Å². The third kappa shape index (κ3) is 4.19. The van der Waals surface area contributed by atoms with Gasteiger partial charge in [-0.25, -0.2) is 4.79 Å². The molecule has 24 heavy (non-hydrogen) atoms. The van der Waals surface area contributed by atoms with Gasteiger partial charge in [0.2, 0.25) is 0 Å². The van der Waals surface area contributed by atoms with E-state index in [1.165, 1.54) is 12.0 Å². The fourth-order valence-electron chi connectivity index (χ4n) is 2.76. The first-order valence-corrected chi connectivity index (χ1v) is 8.28. The summed E-state index contributed by atoms with van der Waals surface area (Å²) in [5, 5.41) is 9.23. The lowest BCUT2D eigenvalue weighted by molar-refractivity contribution is -0.141. The predicted octanol–water partition coefficient (Wildman–Crippen LogP) is 2.81. The zero-order chi connectivity index (χ0) is 17.7. The Labute approximate surface area is 142 Å². The van der Waals surface area contributed by atoms with Gasteiger partial charge in [0, 0.05) is 12.1 Å². The molecule has 0 saturated carbocycles. The summed E-state index contributed by atoms with van der Waals surface area (Å²) >= 11 is 0. The zero-order valence-corrected chi connectivity index (χ0v) is 14.4. The van der Waals surface area contributed by atoms with Crippen LogP contribution in [-0.2, 0) is 4.79 Å². The van der Waals surface area contributed by atoms with Crippen molar-refractivity contribution in [1.29, 1.82) is 0 Å². The number of rotatable bonds is 7. The quantitative estimate of drug-likeness (QED) is 0.829. The Hall–Kier alpha value is -2.24. The van der Waals surface area contributed by atoms with Crippen LogP contribution >= 0.6 is 0 Å². The summed E-state index contributed by atoms with van der Waals surface area (Å²) < 4.78 is 11.0. The van der Waals surface area contributed by atoms with Crippen molar-refractivity contribution in [2.24, 2.45) is 5.92 Å². The molecule has 1 aromatic carbocycles. The van der Waals surface area contributed by atoms with Crippen molar-refractivity contribution in [1.82, 2.24) is 4.90 Å². The topological polar surface area (TPSA) is 76.1 Å². The van der Waals surface area contributed by atoms with E-state index in [1.54, 1.807) is 18.2 Å². The van der Waals surface area contributed by atoms with Gasteiger partial charge in [-0.1, -0.05) is 13.8 Å². The van der Waals surface area contributed by atoms with Crippen molar-refractivity contribution < 1.29 is 24.2 Å². The molecule has 1 aliphatic heterocycles. The Kier molecular flexibility index (Phi) is 6.06. The molecule has 0 radical (unpaired) electrons. The number of methoxy groups -OCH3 is 1. The smallest absolute Gasteiger partial charge is 0.326 e. The normalized spacial score (nSPS) is 17.2. The van der Waals surface area contributed by atoms with E-state index in [0.717, 1.165) is 6.42 Å².